The molecule has 0 aliphatic heterocycles. The summed E-state index contributed by atoms with van der Waals surface area (Å²) in [6, 6.07) is 10.5. The van der Waals surface area contributed by atoms with Crippen LogP contribution in [0.4, 0.5) is 5.00 Å². The molecule has 136 valence electrons. The lowest BCUT2D eigenvalue weighted by atomic mass is 9.83. The fourth-order valence-electron chi connectivity index (χ4n) is 3.41. The van der Waals surface area contributed by atoms with Gasteiger partial charge in [0.15, 0.2) is 0 Å². The van der Waals surface area contributed by atoms with Crippen LogP contribution in [-0.2, 0) is 22.4 Å². The highest BCUT2D eigenvalue weighted by molar-refractivity contribution is 7.17. The molecule has 1 aliphatic rings. The summed E-state index contributed by atoms with van der Waals surface area (Å²) in [7, 11) is 0. The van der Waals surface area contributed by atoms with Crippen LogP contribution in [-0.4, -0.2) is 18.5 Å². The summed E-state index contributed by atoms with van der Waals surface area (Å²) in [4.78, 5) is 25.7. The highest BCUT2D eigenvalue weighted by atomic mass is 32.1. The molecule has 0 spiro atoms. The average Bonchev–Trinajstić information content (AvgIpc) is 2.99. The second kappa shape index (κ2) is 8.32. The molecule has 1 aromatic heterocycles. The third kappa shape index (κ3) is 3.88. The second-order valence-corrected chi connectivity index (χ2v) is 7.37. The van der Waals surface area contributed by atoms with Gasteiger partial charge in [0.25, 0.3) is 0 Å². The minimum absolute atomic E-state index is 0.226. The smallest absolute Gasteiger partial charge is 0.341 e. The molecule has 1 heterocycles. The molecule has 0 bridgehead atoms. The van der Waals surface area contributed by atoms with Crippen LogP contribution in [0.25, 0.3) is 0 Å². The largest absolute Gasteiger partial charge is 0.462 e. The fraction of sp³-hybridized carbons (Fsp3) is 0.333. The van der Waals surface area contributed by atoms with Crippen LogP contribution in [0.15, 0.2) is 42.5 Å². The Morgan fingerprint density at radius 1 is 1.31 bits per heavy atom. The van der Waals surface area contributed by atoms with E-state index in [2.05, 4.69) is 29.6 Å². The normalized spacial score (nSPS) is 16.3. The van der Waals surface area contributed by atoms with Crippen LogP contribution in [0.2, 0.25) is 0 Å². The van der Waals surface area contributed by atoms with E-state index in [1.165, 1.54) is 27.9 Å². The number of carbonyl (C=O) groups excluding carboxylic acids is 2. The first-order chi connectivity index (χ1) is 12.6. The zero-order valence-corrected chi connectivity index (χ0v) is 15.9. The molecule has 1 aromatic carbocycles. The molecule has 0 saturated heterocycles. The van der Waals surface area contributed by atoms with E-state index in [0.717, 1.165) is 24.8 Å². The molecule has 0 radical (unpaired) electrons. The van der Waals surface area contributed by atoms with E-state index >= 15 is 0 Å². The van der Waals surface area contributed by atoms with Gasteiger partial charge in [0.1, 0.15) is 5.00 Å². The quantitative estimate of drug-likeness (QED) is 0.613. The summed E-state index contributed by atoms with van der Waals surface area (Å²) in [5.74, 6) is -0.133. The molecule has 4 nitrogen and oxygen atoms in total. The second-order valence-electron chi connectivity index (χ2n) is 6.27. The minimum Gasteiger partial charge on any atom is -0.462 e. The number of amides is 1. The number of carbonyl (C=O) groups is 2. The van der Waals surface area contributed by atoms with Gasteiger partial charge >= 0.3 is 5.97 Å². The van der Waals surface area contributed by atoms with Crippen molar-refractivity contribution in [2.45, 2.75) is 39.0 Å². The molecule has 1 aliphatic carbocycles. The van der Waals surface area contributed by atoms with Gasteiger partial charge in [0.2, 0.25) is 5.91 Å². The van der Waals surface area contributed by atoms with Gasteiger partial charge in [0, 0.05) is 4.88 Å². The lowest BCUT2D eigenvalue weighted by molar-refractivity contribution is -0.111. The Morgan fingerprint density at radius 3 is 2.77 bits per heavy atom. The molecule has 0 saturated carbocycles. The number of allylic oxidation sites excluding steroid dienone is 1. The average molecular weight is 369 g/mol. The van der Waals surface area contributed by atoms with Crippen molar-refractivity contribution >= 4 is 28.2 Å². The first kappa shape index (κ1) is 18.4. The molecule has 1 amide bonds. The Morgan fingerprint density at radius 2 is 2.08 bits per heavy atom. The fourth-order valence-corrected chi connectivity index (χ4v) is 4.73. The first-order valence-electron chi connectivity index (χ1n) is 8.94. The Kier molecular flexibility index (Phi) is 5.89. The van der Waals surface area contributed by atoms with Crippen LogP contribution < -0.4 is 5.32 Å². The predicted octanol–water partition coefficient (Wildman–Crippen LogP) is 4.71. The standard InChI is InChI=1S/C21H23NO3S/c1-3-8-18(23)22-20-19(21(24)25-4-2)16-12-11-15(13-17(16)26-20)14-9-6-5-7-10-14/h3,5-10,15H,4,11-13H2,1-2H3,(H,22,23)/b8-3+. The van der Waals surface area contributed by atoms with Crippen LogP contribution in [0.3, 0.4) is 0 Å². The van der Waals surface area contributed by atoms with Gasteiger partial charge in [0.05, 0.1) is 12.2 Å². The van der Waals surface area contributed by atoms with Crippen molar-refractivity contribution in [3.05, 3.63) is 64.1 Å². The highest BCUT2D eigenvalue weighted by Crippen LogP contribution is 2.42. The minimum atomic E-state index is -0.348. The lowest BCUT2D eigenvalue weighted by Gasteiger charge is -2.23. The van der Waals surface area contributed by atoms with Gasteiger partial charge in [-0.15, -0.1) is 11.3 Å². The summed E-state index contributed by atoms with van der Waals surface area (Å²) >= 11 is 1.50. The Bertz CT molecular complexity index is 823. The molecule has 0 fully saturated rings. The number of hydrogen-bond acceptors (Lipinski definition) is 4. The topological polar surface area (TPSA) is 55.4 Å². The van der Waals surface area contributed by atoms with Gasteiger partial charge in [-0.2, -0.15) is 0 Å². The monoisotopic (exact) mass is 369 g/mol. The number of benzene rings is 1. The van der Waals surface area contributed by atoms with E-state index in [0.29, 0.717) is 23.1 Å². The number of nitrogens with one attached hydrogen (secondary N) is 1. The summed E-state index contributed by atoms with van der Waals surface area (Å²) in [6.45, 7) is 3.90. The lowest BCUT2D eigenvalue weighted by Crippen LogP contribution is -2.16. The summed E-state index contributed by atoms with van der Waals surface area (Å²) in [6.07, 6.45) is 5.83. The maximum Gasteiger partial charge on any atom is 0.341 e. The number of hydrogen-bond donors (Lipinski definition) is 1. The number of rotatable bonds is 5. The van der Waals surface area contributed by atoms with Crippen LogP contribution in [0.5, 0.6) is 0 Å². The molecule has 5 heteroatoms. The van der Waals surface area contributed by atoms with Gasteiger partial charge < -0.3 is 10.1 Å². The van der Waals surface area contributed by atoms with E-state index in [9.17, 15) is 9.59 Å². The van der Waals surface area contributed by atoms with Crippen molar-refractivity contribution in [3.63, 3.8) is 0 Å². The predicted molar refractivity (Wildman–Crippen MR) is 105 cm³/mol. The van der Waals surface area contributed by atoms with Gasteiger partial charge in [-0.05, 0) is 56.2 Å². The zero-order chi connectivity index (χ0) is 18.5. The van der Waals surface area contributed by atoms with E-state index in [-0.39, 0.29) is 11.9 Å². The Balaban J connectivity index is 1.93. The molecule has 1 atom stereocenters. The van der Waals surface area contributed by atoms with E-state index < -0.39 is 0 Å². The maximum atomic E-state index is 12.5. The van der Waals surface area contributed by atoms with Crippen LogP contribution >= 0.6 is 11.3 Å². The van der Waals surface area contributed by atoms with Gasteiger partial charge in [-0.3, -0.25) is 4.79 Å². The van der Waals surface area contributed by atoms with Crippen molar-refractivity contribution in [1.82, 2.24) is 0 Å². The molecule has 3 rings (SSSR count). The van der Waals surface area contributed by atoms with E-state index in [4.69, 9.17) is 4.74 Å². The molecule has 1 unspecified atom stereocenters. The van der Waals surface area contributed by atoms with Crippen molar-refractivity contribution in [3.8, 4) is 0 Å². The molecule has 26 heavy (non-hydrogen) atoms. The van der Waals surface area contributed by atoms with E-state index in [1.54, 1.807) is 19.9 Å². The molecular formula is C21H23NO3S. The Hall–Kier alpha value is -2.40. The molecular weight excluding hydrogens is 346 g/mol. The third-order valence-electron chi connectivity index (χ3n) is 4.57. The van der Waals surface area contributed by atoms with Crippen molar-refractivity contribution < 1.29 is 14.3 Å². The molecule has 1 N–H and O–H groups in total. The number of ether oxygens (including phenoxy) is 1. The number of thiophene rings is 1. The summed E-state index contributed by atoms with van der Waals surface area (Å²) in [5.41, 5.74) is 2.90. The number of fused-ring (bicyclic) bond motifs is 1. The first-order valence-corrected chi connectivity index (χ1v) is 9.76. The SMILES string of the molecule is C/C=C/C(=O)Nc1sc2c(c1C(=O)OCC)CCC(c1ccccc1)C2. The molecule has 2 aromatic rings. The van der Waals surface area contributed by atoms with Gasteiger partial charge in [-0.1, -0.05) is 36.4 Å². The van der Waals surface area contributed by atoms with Crippen LogP contribution in [0.1, 0.15) is 52.5 Å². The zero-order valence-electron chi connectivity index (χ0n) is 15.1. The highest BCUT2D eigenvalue weighted by Gasteiger charge is 2.30. The van der Waals surface area contributed by atoms with Crippen LogP contribution in [0, 0.1) is 0 Å². The summed E-state index contributed by atoms with van der Waals surface area (Å²) < 4.78 is 5.24. The maximum absolute atomic E-state index is 12.5. The number of anilines is 1. The Labute approximate surface area is 157 Å². The third-order valence-corrected chi connectivity index (χ3v) is 5.74. The van der Waals surface area contributed by atoms with Crippen molar-refractivity contribution in [2.24, 2.45) is 0 Å². The van der Waals surface area contributed by atoms with Crippen molar-refractivity contribution in [1.29, 1.82) is 0 Å². The summed E-state index contributed by atoms with van der Waals surface area (Å²) in [5, 5.41) is 3.46. The van der Waals surface area contributed by atoms with Gasteiger partial charge in [-0.25, -0.2) is 4.79 Å². The van der Waals surface area contributed by atoms with Crippen molar-refractivity contribution in [2.75, 3.05) is 11.9 Å². The number of esters is 1. The van der Waals surface area contributed by atoms with E-state index in [1.807, 2.05) is 6.07 Å².